The number of Topliss-reactive ketones (excluding diaryl/α,β-unsaturated/α-hetero) is 1. The molecule has 2 aromatic heterocycles. The summed E-state index contributed by atoms with van der Waals surface area (Å²) in [6.07, 6.45) is 1.20. The minimum atomic E-state index is -0.837. The number of hydrogen-bond donors (Lipinski definition) is 0. The van der Waals surface area contributed by atoms with Crippen molar-refractivity contribution in [3.63, 3.8) is 0 Å². The molecule has 2 rings (SSSR count). The molecule has 24 heavy (non-hydrogen) atoms. The topological polar surface area (TPSA) is 61.2 Å². The number of nitrogens with zero attached hydrogens (tertiary/aromatic N) is 2. The first-order chi connectivity index (χ1) is 11.3. The first-order valence-corrected chi connectivity index (χ1v) is 8.27. The lowest BCUT2D eigenvalue weighted by Crippen LogP contribution is -2.16. The van der Waals surface area contributed by atoms with E-state index in [1.807, 2.05) is 25.3 Å². The predicted octanol–water partition coefficient (Wildman–Crippen LogP) is 4.52. The Morgan fingerprint density at radius 2 is 1.88 bits per heavy atom. The minimum Gasteiger partial charge on any atom is -0.453 e. The monoisotopic (exact) mass is 388 g/mol. The Kier molecular flexibility index (Phi) is 5.91. The van der Waals surface area contributed by atoms with Crippen LogP contribution in [0.3, 0.4) is 0 Å². The third-order valence-corrected chi connectivity index (χ3v) is 4.88. The van der Waals surface area contributed by atoms with E-state index >= 15 is 0 Å². The standard InChI is InChI=1S/C16H15Cl3N2O3/c1-4-21-8(2)5-10(9(21)3)12(22)7-24-16(23)15-14(19)13(18)11(17)6-20-15/h5-6H,4,7H2,1-3H3. The molecule has 0 aromatic carbocycles. The van der Waals surface area contributed by atoms with Crippen LogP contribution in [0.25, 0.3) is 0 Å². The average molecular weight is 390 g/mol. The van der Waals surface area contributed by atoms with Crippen molar-refractivity contribution in [1.82, 2.24) is 9.55 Å². The van der Waals surface area contributed by atoms with Crippen molar-refractivity contribution in [3.05, 3.63) is 50.0 Å². The molecule has 128 valence electrons. The molecule has 0 atom stereocenters. The lowest BCUT2D eigenvalue weighted by atomic mass is 10.1. The molecule has 2 heterocycles. The number of aryl methyl sites for hydroxylation is 1. The Morgan fingerprint density at radius 3 is 2.46 bits per heavy atom. The van der Waals surface area contributed by atoms with Gasteiger partial charge < -0.3 is 9.30 Å². The van der Waals surface area contributed by atoms with E-state index in [0.29, 0.717) is 5.56 Å². The highest BCUT2D eigenvalue weighted by Crippen LogP contribution is 2.31. The second-order valence-electron chi connectivity index (χ2n) is 5.11. The number of ether oxygens (including phenoxy) is 1. The molecular weight excluding hydrogens is 375 g/mol. The van der Waals surface area contributed by atoms with Gasteiger partial charge in [0.05, 0.1) is 15.1 Å². The lowest BCUT2D eigenvalue weighted by molar-refractivity contribution is 0.0469. The maximum atomic E-state index is 12.3. The number of carbonyl (C=O) groups excluding carboxylic acids is 2. The average Bonchev–Trinajstić information content (AvgIpc) is 2.84. The van der Waals surface area contributed by atoms with Gasteiger partial charge in [-0.2, -0.15) is 0 Å². The van der Waals surface area contributed by atoms with Crippen molar-refractivity contribution in [2.24, 2.45) is 0 Å². The number of pyridine rings is 1. The van der Waals surface area contributed by atoms with Gasteiger partial charge in [-0.15, -0.1) is 0 Å². The molecule has 2 aromatic rings. The third kappa shape index (κ3) is 3.58. The number of halogens is 3. The van der Waals surface area contributed by atoms with Gasteiger partial charge in [0, 0.05) is 29.7 Å². The molecule has 8 heteroatoms. The van der Waals surface area contributed by atoms with Gasteiger partial charge >= 0.3 is 5.97 Å². The second-order valence-corrected chi connectivity index (χ2v) is 6.27. The molecule has 0 saturated carbocycles. The van der Waals surface area contributed by atoms with E-state index in [2.05, 4.69) is 4.98 Å². The molecule has 0 saturated heterocycles. The number of ketones is 1. The maximum Gasteiger partial charge on any atom is 0.358 e. The van der Waals surface area contributed by atoms with Crippen molar-refractivity contribution in [1.29, 1.82) is 0 Å². The highest BCUT2D eigenvalue weighted by Gasteiger charge is 2.21. The third-order valence-electron chi connectivity index (χ3n) is 3.64. The quantitative estimate of drug-likeness (QED) is 0.557. The molecule has 0 aliphatic heterocycles. The highest BCUT2D eigenvalue weighted by molar-refractivity contribution is 6.48. The van der Waals surface area contributed by atoms with Crippen LogP contribution < -0.4 is 0 Å². The zero-order valence-corrected chi connectivity index (χ0v) is 15.6. The molecule has 0 bridgehead atoms. The van der Waals surface area contributed by atoms with Crippen molar-refractivity contribution >= 4 is 46.6 Å². The van der Waals surface area contributed by atoms with Gasteiger partial charge in [0.15, 0.2) is 12.3 Å². The lowest BCUT2D eigenvalue weighted by Gasteiger charge is -2.07. The number of rotatable bonds is 5. The molecule has 0 aliphatic rings. The van der Waals surface area contributed by atoms with Crippen LogP contribution in [0.5, 0.6) is 0 Å². The van der Waals surface area contributed by atoms with Gasteiger partial charge in [-0.05, 0) is 26.8 Å². The van der Waals surface area contributed by atoms with Crippen molar-refractivity contribution in [3.8, 4) is 0 Å². The van der Waals surface area contributed by atoms with Crippen LogP contribution in [-0.4, -0.2) is 27.9 Å². The van der Waals surface area contributed by atoms with Crippen molar-refractivity contribution in [2.45, 2.75) is 27.3 Å². The van der Waals surface area contributed by atoms with E-state index in [1.54, 1.807) is 6.07 Å². The summed E-state index contributed by atoms with van der Waals surface area (Å²) >= 11 is 17.5. The highest BCUT2D eigenvalue weighted by atomic mass is 35.5. The Labute approximate surface area is 154 Å². The van der Waals surface area contributed by atoms with Crippen molar-refractivity contribution < 1.29 is 14.3 Å². The first kappa shape index (κ1) is 18.8. The van der Waals surface area contributed by atoms with E-state index in [-0.39, 0.29) is 26.5 Å². The van der Waals surface area contributed by atoms with E-state index in [1.165, 1.54) is 6.20 Å². The molecule has 0 radical (unpaired) electrons. The van der Waals surface area contributed by atoms with Crippen LogP contribution in [0.2, 0.25) is 15.1 Å². The van der Waals surface area contributed by atoms with Crippen LogP contribution in [-0.2, 0) is 11.3 Å². The summed E-state index contributed by atoms with van der Waals surface area (Å²) in [6, 6.07) is 1.78. The van der Waals surface area contributed by atoms with Gasteiger partial charge in [0.1, 0.15) is 0 Å². The molecule has 0 amide bonds. The van der Waals surface area contributed by atoms with Crippen LogP contribution in [0.4, 0.5) is 0 Å². The molecule has 0 unspecified atom stereocenters. The molecule has 0 spiro atoms. The normalized spacial score (nSPS) is 10.8. The first-order valence-electron chi connectivity index (χ1n) is 7.14. The van der Waals surface area contributed by atoms with Crippen LogP contribution in [0, 0.1) is 13.8 Å². The number of hydrogen-bond acceptors (Lipinski definition) is 4. The summed E-state index contributed by atoms with van der Waals surface area (Å²) in [7, 11) is 0. The fourth-order valence-corrected chi connectivity index (χ4v) is 2.99. The number of esters is 1. The smallest absolute Gasteiger partial charge is 0.358 e. The van der Waals surface area contributed by atoms with Crippen LogP contribution in [0.1, 0.15) is 39.2 Å². The van der Waals surface area contributed by atoms with E-state index in [0.717, 1.165) is 17.9 Å². The van der Waals surface area contributed by atoms with E-state index in [4.69, 9.17) is 39.5 Å². The van der Waals surface area contributed by atoms with E-state index < -0.39 is 12.6 Å². The minimum absolute atomic E-state index is 0.0121. The molecule has 5 nitrogen and oxygen atoms in total. The summed E-state index contributed by atoms with van der Waals surface area (Å²) in [6.45, 7) is 6.10. The van der Waals surface area contributed by atoms with Crippen LogP contribution in [0.15, 0.2) is 12.3 Å². The number of carbonyl (C=O) groups is 2. The summed E-state index contributed by atoms with van der Waals surface area (Å²) in [4.78, 5) is 28.1. The predicted molar refractivity (Wildman–Crippen MR) is 93.5 cm³/mol. The second kappa shape index (κ2) is 7.55. The summed E-state index contributed by atoms with van der Waals surface area (Å²) in [5.41, 5.74) is 2.15. The summed E-state index contributed by atoms with van der Waals surface area (Å²) < 4.78 is 7.02. The van der Waals surface area contributed by atoms with Crippen molar-refractivity contribution in [2.75, 3.05) is 6.61 Å². The zero-order chi connectivity index (χ0) is 18.0. The maximum absolute atomic E-state index is 12.3. The fraction of sp³-hybridized carbons (Fsp3) is 0.312. The Hall–Kier alpha value is -1.56. The number of aromatic nitrogens is 2. The largest absolute Gasteiger partial charge is 0.453 e. The molecule has 0 N–H and O–H groups in total. The Bertz CT molecular complexity index is 815. The van der Waals surface area contributed by atoms with Gasteiger partial charge in [0.25, 0.3) is 0 Å². The van der Waals surface area contributed by atoms with Gasteiger partial charge in [-0.1, -0.05) is 34.8 Å². The van der Waals surface area contributed by atoms with Gasteiger partial charge in [0.2, 0.25) is 5.78 Å². The zero-order valence-electron chi connectivity index (χ0n) is 13.3. The Balaban J connectivity index is 2.12. The Morgan fingerprint density at radius 1 is 1.21 bits per heavy atom. The molecule has 0 fully saturated rings. The SMILES string of the molecule is CCn1c(C)cc(C(=O)COC(=O)c2ncc(Cl)c(Cl)c2Cl)c1C. The van der Waals surface area contributed by atoms with Crippen LogP contribution >= 0.6 is 34.8 Å². The van der Waals surface area contributed by atoms with E-state index in [9.17, 15) is 9.59 Å². The van der Waals surface area contributed by atoms with Gasteiger partial charge in [-0.3, -0.25) is 4.79 Å². The molecule has 0 aliphatic carbocycles. The van der Waals surface area contributed by atoms with Gasteiger partial charge in [-0.25, -0.2) is 9.78 Å². The molecular formula is C16H15Cl3N2O3. The fourth-order valence-electron chi connectivity index (χ4n) is 2.43. The summed E-state index contributed by atoms with van der Waals surface area (Å²) in [5.74, 6) is -1.14. The summed E-state index contributed by atoms with van der Waals surface area (Å²) in [5, 5.41) is 0.0326.